The summed E-state index contributed by atoms with van der Waals surface area (Å²) in [5.74, 6) is 0. The fraction of sp³-hybridized carbons (Fsp3) is 1.00. The molecule has 8 heavy (non-hydrogen) atoms. The second kappa shape index (κ2) is 2.44. The zero-order valence-electron chi connectivity index (χ0n) is 5.23. The van der Waals surface area contributed by atoms with Gasteiger partial charge in [0.05, 0.1) is 0 Å². The Bertz CT molecular complexity index is 66.9. The van der Waals surface area contributed by atoms with Crippen LogP contribution in [-0.2, 0) is 0 Å². The minimum Gasteiger partial charge on any atom is -0.146 e. The predicted octanol–water partition coefficient (Wildman–Crippen LogP) is 1.75. The van der Waals surface area contributed by atoms with Gasteiger partial charge in [-0.15, -0.1) is 9.60 Å². The lowest BCUT2D eigenvalue weighted by Crippen LogP contribution is -2.19. The summed E-state index contributed by atoms with van der Waals surface area (Å²) in [6.07, 6.45) is 4.51. The zero-order chi connectivity index (χ0) is 5.98. The van der Waals surface area contributed by atoms with E-state index in [4.69, 9.17) is 0 Å². The molecule has 1 nitrogen and oxygen atoms in total. The van der Waals surface area contributed by atoms with Gasteiger partial charge in [-0.05, 0) is 12.8 Å². The lowest BCUT2D eigenvalue weighted by molar-refractivity contribution is 0.0120. The van der Waals surface area contributed by atoms with Gasteiger partial charge in [0.1, 0.15) is 0 Å². The summed E-state index contributed by atoms with van der Waals surface area (Å²) in [6, 6.07) is 0.231. The molecule has 1 aliphatic rings. The van der Waals surface area contributed by atoms with E-state index in [1.165, 1.54) is 19.9 Å². The van der Waals surface area contributed by atoms with Crippen molar-refractivity contribution in [3.8, 4) is 0 Å². The average Bonchev–Trinajstić information content (AvgIpc) is 2.12. The SMILES string of the molecule is CN(F)C1CCCC1. The summed E-state index contributed by atoms with van der Waals surface area (Å²) in [6.45, 7) is 0. The Balaban J connectivity index is 2.24. The Morgan fingerprint density at radius 3 is 2.12 bits per heavy atom. The van der Waals surface area contributed by atoms with Crippen molar-refractivity contribution in [3.63, 3.8) is 0 Å². The fourth-order valence-electron chi connectivity index (χ4n) is 1.26. The van der Waals surface area contributed by atoms with E-state index in [-0.39, 0.29) is 6.04 Å². The maximum atomic E-state index is 12.2. The van der Waals surface area contributed by atoms with Crippen molar-refractivity contribution < 1.29 is 4.48 Å². The molecule has 0 unspecified atom stereocenters. The monoisotopic (exact) mass is 117 g/mol. The van der Waals surface area contributed by atoms with E-state index in [0.29, 0.717) is 0 Å². The number of halogens is 1. The lowest BCUT2D eigenvalue weighted by atomic mass is 10.3. The molecule has 0 saturated heterocycles. The van der Waals surface area contributed by atoms with Crippen molar-refractivity contribution in [2.75, 3.05) is 7.05 Å². The van der Waals surface area contributed by atoms with Crippen molar-refractivity contribution in [3.05, 3.63) is 0 Å². The van der Waals surface area contributed by atoms with Crippen molar-refractivity contribution in [1.82, 2.24) is 5.12 Å². The summed E-state index contributed by atoms with van der Waals surface area (Å²) in [5, 5.41) is 0.840. The highest BCUT2D eigenvalue weighted by Gasteiger charge is 2.18. The molecule has 0 aromatic carbocycles. The Kier molecular flexibility index (Phi) is 1.84. The van der Waals surface area contributed by atoms with Gasteiger partial charge in [0.2, 0.25) is 0 Å². The van der Waals surface area contributed by atoms with E-state index < -0.39 is 0 Å². The molecule has 0 atom stereocenters. The van der Waals surface area contributed by atoms with Gasteiger partial charge in [-0.2, -0.15) is 0 Å². The molecular formula is C6H12FN. The summed E-state index contributed by atoms with van der Waals surface area (Å²) >= 11 is 0. The van der Waals surface area contributed by atoms with Crippen LogP contribution in [0, 0.1) is 0 Å². The zero-order valence-corrected chi connectivity index (χ0v) is 5.23. The summed E-state index contributed by atoms with van der Waals surface area (Å²) < 4.78 is 12.2. The van der Waals surface area contributed by atoms with Crippen LogP contribution in [-0.4, -0.2) is 18.2 Å². The molecule has 0 aliphatic heterocycles. The average molecular weight is 117 g/mol. The summed E-state index contributed by atoms with van der Waals surface area (Å²) in [4.78, 5) is 0. The molecule has 48 valence electrons. The van der Waals surface area contributed by atoms with E-state index >= 15 is 0 Å². The normalized spacial score (nSPS) is 22.9. The first-order valence-corrected chi connectivity index (χ1v) is 3.19. The van der Waals surface area contributed by atoms with Crippen LogP contribution in [0.25, 0.3) is 0 Å². The smallest absolute Gasteiger partial charge is 0.0399 e. The molecule has 1 saturated carbocycles. The van der Waals surface area contributed by atoms with Gasteiger partial charge in [0.25, 0.3) is 0 Å². The molecule has 0 bridgehead atoms. The molecule has 0 radical (unpaired) electrons. The molecule has 0 aromatic rings. The number of hydrogen-bond acceptors (Lipinski definition) is 1. The minimum absolute atomic E-state index is 0.231. The van der Waals surface area contributed by atoms with Crippen LogP contribution in [0.2, 0.25) is 0 Å². The van der Waals surface area contributed by atoms with E-state index in [0.717, 1.165) is 18.0 Å². The van der Waals surface area contributed by atoms with Crippen molar-refractivity contribution in [2.45, 2.75) is 31.7 Å². The molecule has 1 rings (SSSR count). The standard InChI is InChI=1S/C6H12FN/c1-8(7)6-4-2-3-5-6/h6H,2-5H2,1H3. The van der Waals surface area contributed by atoms with Crippen LogP contribution in [0.15, 0.2) is 0 Å². The van der Waals surface area contributed by atoms with Crippen LogP contribution in [0.4, 0.5) is 4.48 Å². The van der Waals surface area contributed by atoms with Gasteiger partial charge in [-0.3, -0.25) is 0 Å². The largest absolute Gasteiger partial charge is 0.146 e. The Morgan fingerprint density at radius 2 is 1.88 bits per heavy atom. The van der Waals surface area contributed by atoms with E-state index in [9.17, 15) is 4.48 Å². The lowest BCUT2D eigenvalue weighted by Gasteiger charge is -2.11. The highest BCUT2D eigenvalue weighted by molar-refractivity contribution is 4.70. The van der Waals surface area contributed by atoms with E-state index in [1.807, 2.05) is 0 Å². The number of nitrogens with zero attached hydrogens (tertiary/aromatic N) is 1. The maximum absolute atomic E-state index is 12.2. The second-order valence-electron chi connectivity index (χ2n) is 2.46. The van der Waals surface area contributed by atoms with Crippen LogP contribution in [0.5, 0.6) is 0 Å². The van der Waals surface area contributed by atoms with E-state index in [2.05, 4.69) is 0 Å². The van der Waals surface area contributed by atoms with Gasteiger partial charge < -0.3 is 0 Å². The first-order valence-electron chi connectivity index (χ1n) is 3.19. The highest BCUT2D eigenvalue weighted by Crippen LogP contribution is 2.21. The second-order valence-corrected chi connectivity index (χ2v) is 2.46. The van der Waals surface area contributed by atoms with Gasteiger partial charge in [0.15, 0.2) is 0 Å². The Hall–Kier alpha value is -0.110. The quantitative estimate of drug-likeness (QED) is 0.473. The highest BCUT2D eigenvalue weighted by atomic mass is 19.2. The predicted molar refractivity (Wildman–Crippen MR) is 31.1 cm³/mol. The first kappa shape index (κ1) is 6.02. The molecule has 0 amide bonds. The van der Waals surface area contributed by atoms with Gasteiger partial charge in [-0.25, -0.2) is 0 Å². The minimum atomic E-state index is 0.231. The van der Waals surface area contributed by atoms with Gasteiger partial charge >= 0.3 is 0 Å². The van der Waals surface area contributed by atoms with Crippen LogP contribution >= 0.6 is 0 Å². The number of rotatable bonds is 1. The van der Waals surface area contributed by atoms with Crippen LogP contribution in [0.3, 0.4) is 0 Å². The molecule has 2 heteroatoms. The Morgan fingerprint density at radius 1 is 1.38 bits per heavy atom. The van der Waals surface area contributed by atoms with Crippen LogP contribution < -0.4 is 0 Å². The molecular weight excluding hydrogens is 105 g/mol. The summed E-state index contributed by atoms with van der Waals surface area (Å²) in [5.41, 5.74) is 0. The van der Waals surface area contributed by atoms with Gasteiger partial charge in [0, 0.05) is 13.1 Å². The maximum Gasteiger partial charge on any atom is 0.0399 e. The van der Waals surface area contributed by atoms with Gasteiger partial charge in [-0.1, -0.05) is 12.8 Å². The topological polar surface area (TPSA) is 3.24 Å². The third-order valence-electron chi connectivity index (χ3n) is 1.83. The third-order valence-corrected chi connectivity index (χ3v) is 1.83. The fourth-order valence-corrected chi connectivity index (χ4v) is 1.26. The van der Waals surface area contributed by atoms with Crippen molar-refractivity contribution in [1.29, 1.82) is 0 Å². The molecule has 1 fully saturated rings. The molecule has 1 aliphatic carbocycles. The molecule has 0 heterocycles. The van der Waals surface area contributed by atoms with E-state index in [1.54, 1.807) is 0 Å². The van der Waals surface area contributed by atoms with Crippen molar-refractivity contribution in [2.24, 2.45) is 0 Å². The molecule has 0 aromatic heterocycles. The number of hydrogen-bond donors (Lipinski definition) is 0. The van der Waals surface area contributed by atoms with Crippen molar-refractivity contribution >= 4 is 0 Å². The molecule has 0 spiro atoms. The Labute approximate surface area is 49.4 Å². The molecule has 0 N–H and O–H groups in total. The first-order chi connectivity index (χ1) is 3.80. The summed E-state index contributed by atoms with van der Waals surface area (Å²) in [7, 11) is 1.51. The third kappa shape index (κ3) is 1.19. The van der Waals surface area contributed by atoms with Crippen LogP contribution in [0.1, 0.15) is 25.7 Å².